The first-order chi connectivity index (χ1) is 15.4. The van der Waals surface area contributed by atoms with Crippen molar-refractivity contribution in [3.8, 4) is 11.3 Å². The fraction of sp³-hybridized carbons (Fsp3) is 0.500. The van der Waals surface area contributed by atoms with E-state index in [0.29, 0.717) is 23.2 Å². The molecule has 4 heterocycles. The summed E-state index contributed by atoms with van der Waals surface area (Å²) in [6.07, 6.45) is 9.77. The SMILES string of the molecule is Cc1nc2ccc(-c3ccn4nc(NC5CCC6(CC5)CC6)nc(N)c34)nc2n1C(C)C. The van der Waals surface area contributed by atoms with Crippen LogP contribution in [0.4, 0.5) is 11.8 Å². The Balaban J connectivity index is 1.34. The van der Waals surface area contributed by atoms with Crippen molar-refractivity contribution in [2.75, 3.05) is 11.1 Å². The van der Waals surface area contributed by atoms with Crippen LogP contribution in [-0.4, -0.2) is 35.2 Å². The van der Waals surface area contributed by atoms with Crippen LogP contribution in [0.1, 0.15) is 64.2 Å². The van der Waals surface area contributed by atoms with Gasteiger partial charge in [-0.15, -0.1) is 5.10 Å². The molecule has 2 aliphatic rings. The Morgan fingerprint density at radius 2 is 1.84 bits per heavy atom. The lowest BCUT2D eigenvalue weighted by Crippen LogP contribution is -2.28. The number of anilines is 2. The van der Waals surface area contributed by atoms with Crippen molar-refractivity contribution in [1.82, 2.24) is 29.1 Å². The standard InChI is InChI=1S/C24H30N8/c1-14(2)32-15(3)26-19-5-4-18(28-22(19)32)17-8-13-31-20(17)21(25)29-23(30-31)27-16-6-9-24(10-7-16)11-12-24/h4-5,8,13-14,16H,6-7,9-12H2,1-3H3,(H3,25,27,29,30). The van der Waals surface area contributed by atoms with Crippen LogP contribution in [0, 0.1) is 12.3 Å². The number of pyridine rings is 1. The molecular weight excluding hydrogens is 400 g/mol. The van der Waals surface area contributed by atoms with Gasteiger partial charge in [-0.05, 0) is 82.9 Å². The Morgan fingerprint density at radius 3 is 2.56 bits per heavy atom. The van der Waals surface area contributed by atoms with E-state index in [4.69, 9.17) is 15.8 Å². The highest BCUT2D eigenvalue weighted by atomic mass is 15.3. The lowest BCUT2D eigenvalue weighted by Gasteiger charge is -2.29. The molecule has 0 atom stereocenters. The van der Waals surface area contributed by atoms with E-state index in [-0.39, 0.29) is 6.04 Å². The molecular formula is C24H30N8. The number of fused-ring (bicyclic) bond motifs is 2. The predicted molar refractivity (Wildman–Crippen MR) is 127 cm³/mol. The van der Waals surface area contributed by atoms with Crippen molar-refractivity contribution in [1.29, 1.82) is 0 Å². The lowest BCUT2D eigenvalue weighted by atomic mass is 9.83. The maximum absolute atomic E-state index is 6.44. The number of nitrogens with one attached hydrogen (secondary N) is 1. The number of aromatic nitrogens is 6. The Hall–Kier alpha value is -3.16. The zero-order valence-electron chi connectivity index (χ0n) is 19.0. The van der Waals surface area contributed by atoms with Gasteiger partial charge in [-0.25, -0.2) is 14.5 Å². The number of nitrogens with zero attached hydrogens (tertiary/aromatic N) is 6. The number of aryl methyl sites for hydroxylation is 1. The van der Waals surface area contributed by atoms with E-state index in [1.165, 1.54) is 38.5 Å². The molecule has 0 aromatic carbocycles. The lowest BCUT2D eigenvalue weighted by molar-refractivity contribution is 0.316. The number of hydrogen-bond acceptors (Lipinski definition) is 6. The van der Waals surface area contributed by atoms with Crippen LogP contribution in [0.5, 0.6) is 0 Å². The van der Waals surface area contributed by atoms with Crippen molar-refractivity contribution in [3.05, 3.63) is 30.2 Å². The monoisotopic (exact) mass is 430 g/mol. The molecule has 4 aromatic rings. The van der Waals surface area contributed by atoms with Crippen molar-refractivity contribution >= 4 is 28.4 Å². The molecule has 0 unspecified atom stereocenters. The largest absolute Gasteiger partial charge is 0.382 e. The molecule has 8 nitrogen and oxygen atoms in total. The van der Waals surface area contributed by atoms with Gasteiger partial charge >= 0.3 is 0 Å². The van der Waals surface area contributed by atoms with Gasteiger partial charge in [-0.3, -0.25) is 0 Å². The average Bonchev–Trinajstić information content (AvgIpc) is 3.22. The van der Waals surface area contributed by atoms with Crippen LogP contribution in [0.3, 0.4) is 0 Å². The van der Waals surface area contributed by atoms with Crippen LogP contribution in [-0.2, 0) is 0 Å². The summed E-state index contributed by atoms with van der Waals surface area (Å²) >= 11 is 0. The van der Waals surface area contributed by atoms with E-state index in [2.05, 4.69) is 33.7 Å². The molecule has 2 fully saturated rings. The van der Waals surface area contributed by atoms with Crippen molar-refractivity contribution < 1.29 is 0 Å². The summed E-state index contributed by atoms with van der Waals surface area (Å²) in [5, 5.41) is 8.23. The number of imidazole rings is 1. The van der Waals surface area contributed by atoms with Gasteiger partial charge in [-0.1, -0.05) is 0 Å². The van der Waals surface area contributed by atoms with Gasteiger partial charge < -0.3 is 15.6 Å². The Kier molecular flexibility index (Phi) is 4.22. The third kappa shape index (κ3) is 3.12. The van der Waals surface area contributed by atoms with Crippen molar-refractivity contribution in [2.45, 2.75) is 71.4 Å². The molecule has 0 amide bonds. The Morgan fingerprint density at radius 1 is 1.06 bits per heavy atom. The van der Waals surface area contributed by atoms with Crippen molar-refractivity contribution in [3.63, 3.8) is 0 Å². The number of nitrogens with two attached hydrogens (primary N) is 1. The second kappa shape index (κ2) is 6.92. The first-order valence-corrected chi connectivity index (χ1v) is 11.7. The smallest absolute Gasteiger partial charge is 0.243 e. The maximum Gasteiger partial charge on any atom is 0.243 e. The third-order valence-electron chi connectivity index (χ3n) is 7.38. The van der Waals surface area contributed by atoms with Crippen LogP contribution in [0.2, 0.25) is 0 Å². The Labute approximate surface area is 187 Å². The number of nitrogen functional groups attached to an aromatic ring is 1. The van der Waals surface area contributed by atoms with Gasteiger partial charge in [-0.2, -0.15) is 4.98 Å². The Bertz CT molecular complexity index is 1320. The summed E-state index contributed by atoms with van der Waals surface area (Å²) < 4.78 is 3.98. The van der Waals surface area contributed by atoms with E-state index >= 15 is 0 Å². The van der Waals surface area contributed by atoms with Crippen LogP contribution < -0.4 is 11.1 Å². The average molecular weight is 431 g/mol. The first-order valence-electron chi connectivity index (χ1n) is 11.7. The second-order valence-electron chi connectivity index (χ2n) is 9.92. The number of hydrogen-bond donors (Lipinski definition) is 2. The van der Waals surface area contributed by atoms with E-state index in [9.17, 15) is 0 Å². The summed E-state index contributed by atoms with van der Waals surface area (Å²) in [7, 11) is 0. The highest BCUT2D eigenvalue weighted by molar-refractivity contribution is 5.88. The summed E-state index contributed by atoms with van der Waals surface area (Å²) in [6, 6.07) is 6.74. The quantitative estimate of drug-likeness (QED) is 0.485. The summed E-state index contributed by atoms with van der Waals surface area (Å²) in [5.41, 5.74) is 11.5. The molecule has 4 aromatic heterocycles. The molecule has 0 radical (unpaired) electrons. The highest BCUT2D eigenvalue weighted by Crippen LogP contribution is 2.56. The molecule has 8 heteroatoms. The zero-order chi connectivity index (χ0) is 22.0. The molecule has 0 aliphatic heterocycles. The molecule has 1 spiro atoms. The van der Waals surface area contributed by atoms with Gasteiger partial charge in [0, 0.05) is 23.8 Å². The van der Waals surface area contributed by atoms with E-state index < -0.39 is 0 Å². The molecule has 32 heavy (non-hydrogen) atoms. The number of rotatable bonds is 4. The van der Waals surface area contributed by atoms with Gasteiger partial charge in [0.05, 0.1) is 5.69 Å². The van der Waals surface area contributed by atoms with Crippen LogP contribution in [0.25, 0.3) is 27.9 Å². The molecule has 3 N–H and O–H groups in total. The summed E-state index contributed by atoms with van der Waals surface area (Å²) in [5.74, 6) is 2.04. The van der Waals surface area contributed by atoms with Crippen molar-refractivity contribution in [2.24, 2.45) is 5.41 Å². The van der Waals surface area contributed by atoms with Gasteiger partial charge in [0.15, 0.2) is 11.5 Å². The summed E-state index contributed by atoms with van der Waals surface area (Å²) in [4.78, 5) is 14.2. The summed E-state index contributed by atoms with van der Waals surface area (Å²) in [6.45, 7) is 6.31. The molecule has 6 rings (SSSR count). The fourth-order valence-corrected chi connectivity index (χ4v) is 5.41. The van der Waals surface area contributed by atoms with Crippen LogP contribution >= 0.6 is 0 Å². The molecule has 0 saturated heterocycles. The van der Waals surface area contributed by atoms with E-state index in [1.807, 2.05) is 35.8 Å². The normalized spacial score (nSPS) is 18.2. The molecule has 2 aliphatic carbocycles. The van der Waals surface area contributed by atoms with Gasteiger partial charge in [0.25, 0.3) is 0 Å². The second-order valence-corrected chi connectivity index (χ2v) is 9.92. The maximum atomic E-state index is 6.44. The van der Waals surface area contributed by atoms with E-state index in [0.717, 1.165) is 33.8 Å². The van der Waals surface area contributed by atoms with Gasteiger partial charge in [0.1, 0.15) is 16.9 Å². The highest BCUT2D eigenvalue weighted by Gasteiger charge is 2.44. The molecule has 2 saturated carbocycles. The molecule has 0 bridgehead atoms. The minimum absolute atomic E-state index is 0.283. The first kappa shape index (κ1) is 19.5. The van der Waals surface area contributed by atoms with Crippen LogP contribution in [0.15, 0.2) is 24.4 Å². The predicted octanol–water partition coefficient (Wildman–Crippen LogP) is 4.75. The minimum Gasteiger partial charge on any atom is -0.382 e. The fourth-order valence-electron chi connectivity index (χ4n) is 5.41. The topological polar surface area (TPSA) is 98.9 Å². The third-order valence-corrected chi connectivity index (χ3v) is 7.38. The zero-order valence-corrected chi connectivity index (χ0v) is 19.0. The van der Waals surface area contributed by atoms with Gasteiger partial charge in [0.2, 0.25) is 5.95 Å². The minimum atomic E-state index is 0.283. The van der Waals surface area contributed by atoms with E-state index in [1.54, 1.807) is 0 Å². The molecule has 166 valence electrons.